The number of hydrogen-bond donors (Lipinski definition) is 1. The number of nitrogens with zero attached hydrogens (tertiary/aromatic N) is 3. The standard InChI is InChI=1S/C13H7N4O/c14-9-7-3-1-2-4-8(7)10-11(9)17-6-5-15-12(17)13(18)16-10/h1-6H,(H,16,18). The third kappa shape index (κ3) is 0.940. The third-order valence-electron chi connectivity index (χ3n) is 3.24. The lowest BCUT2D eigenvalue weighted by Gasteiger charge is -2.02. The lowest BCUT2D eigenvalue weighted by molar-refractivity contribution is 1.09. The van der Waals surface area contributed by atoms with Crippen LogP contribution >= 0.6 is 0 Å². The number of aromatic amines is 1. The van der Waals surface area contributed by atoms with Gasteiger partial charge in [-0.25, -0.2) is 4.98 Å². The Bertz CT molecular complexity index is 872. The summed E-state index contributed by atoms with van der Waals surface area (Å²) < 4.78 is 1.61. The fraction of sp³-hybridized carbons (Fsp3) is 0. The molecular formula is C13H7N4O. The van der Waals surface area contributed by atoms with E-state index in [9.17, 15) is 10.2 Å². The molecule has 0 unspecified atom stereocenters. The van der Waals surface area contributed by atoms with Crippen molar-refractivity contribution < 1.29 is 0 Å². The topological polar surface area (TPSA) is 72.5 Å². The Kier molecular flexibility index (Phi) is 1.53. The number of fused-ring (bicyclic) bond motifs is 5. The highest BCUT2D eigenvalue weighted by Gasteiger charge is 2.28. The first kappa shape index (κ1) is 9.35. The second-order valence-corrected chi connectivity index (χ2v) is 4.19. The summed E-state index contributed by atoms with van der Waals surface area (Å²) in [7, 11) is 0. The minimum Gasteiger partial charge on any atom is -0.317 e. The molecule has 0 saturated heterocycles. The highest BCUT2D eigenvalue weighted by Crippen LogP contribution is 2.33. The van der Waals surface area contributed by atoms with Crippen molar-refractivity contribution >= 4 is 11.4 Å². The smallest absolute Gasteiger partial charge is 0.292 e. The van der Waals surface area contributed by atoms with Crippen LogP contribution in [0, 0.1) is 0 Å². The number of benzene rings is 1. The van der Waals surface area contributed by atoms with Crippen LogP contribution in [0.25, 0.3) is 16.9 Å². The van der Waals surface area contributed by atoms with Crippen molar-refractivity contribution in [2.75, 3.05) is 0 Å². The zero-order valence-corrected chi connectivity index (χ0v) is 9.21. The van der Waals surface area contributed by atoms with Crippen molar-refractivity contribution in [3.63, 3.8) is 0 Å². The Labute approximate surface area is 101 Å². The first-order chi connectivity index (χ1) is 8.77. The molecule has 0 saturated carbocycles. The fourth-order valence-corrected chi connectivity index (χ4v) is 2.46. The number of aromatic nitrogens is 3. The summed E-state index contributed by atoms with van der Waals surface area (Å²) in [5, 5.41) is 10.3. The highest BCUT2D eigenvalue weighted by atomic mass is 16.1. The monoisotopic (exact) mass is 235 g/mol. The van der Waals surface area contributed by atoms with Gasteiger partial charge in [0.15, 0.2) is 0 Å². The predicted octanol–water partition coefficient (Wildman–Crippen LogP) is 0.640. The van der Waals surface area contributed by atoms with Gasteiger partial charge in [-0.3, -0.25) is 9.20 Å². The highest BCUT2D eigenvalue weighted by molar-refractivity contribution is 6.22. The van der Waals surface area contributed by atoms with Gasteiger partial charge in [-0.1, -0.05) is 24.3 Å². The zero-order chi connectivity index (χ0) is 12.3. The minimum atomic E-state index is -0.261. The Morgan fingerprint density at radius 3 is 2.83 bits per heavy atom. The van der Waals surface area contributed by atoms with Gasteiger partial charge in [0.1, 0.15) is 5.71 Å². The second kappa shape index (κ2) is 2.95. The summed E-state index contributed by atoms with van der Waals surface area (Å²) in [4.78, 5) is 18.7. The van der Waals surface area contributed by atoms with Crippen LogP contribution < -0.4 is 11.0 Å². The minimum absolute atomic E-state index is 0.167. The number of rotatable bonds is 0. The van der Waals surface area contributed by atoms with Gasteiger partial charge in [-0.05, 0) is 0 Å². The third-order valence-corrected chi connectivity index (χ3v) is 3.24. The summed E-state index contributed by atoms with van der Waals surface area (Å²) in [6, 6.07) is 7.42. The van der Waals surface area contributed by atoms with Gasteiger partial charge in [0.25, 0.3) is 5.56 Å². The van der Waals surface area contributed by atoms with Crippen LogP contribution in [0.3, 0.4) is 0 Å². The van der Waals surface area contributed by atoms with Crippen LogP contribution in [0.2, 0.25) is 0 Å². The van der Waals surface area contributed by atoms with Crippen molar-refractivity contribution in [1.82, 2.24) is 19.8 Å². The molecule has 0 atom stereocenters. The SMILES string of the molecule is [N]=C1c2ccccc2-c2[nH]c(=O)c3nccn3c21. The number of H-pyrrole nitrogens is 1. The quantitative estimate of drug-likeness (QED) is 0.485. The molecule has 1 aliphatic rings. The molecule has 85 valence electrons. The van der Waals surface area contributed by atoms with Gasteiger partial charge in [0.2, 0.25) is 5.65 Å². The van der Waals surface area contributed by atoms with E-state index in [2.05, 4.69) is 9.97 Å². The molecule has 2 aromatic heterocycles. The number of imidazole rings is 1. The van der Waals surface area contributed by atoms with Crippen molar-refractivity contribution in [3.8, 4) is 11.3 Å². The lowest BCUT2D eigenvalue weighted by Crippen LogP contribution is -2.15. The molecule has 2 heterocycles. The number of nitrogens with one attached hydrogen (secondary N) is 1. The van der Waals surface area contributed by atoms with E-state index in [-0.39, 0.29) is 16.9 Å². The van der Waals surface area contributed by atoms with Crippen molar-refractivity contribution in [2.45, 2.75) is 0 Å². The Morgan fingerprint density at radius 1 is 1.22 bits per heavy atom. The molecule has 0 amide bonds. The lowest BCUT2D eigenvalue weighted by atomic mass is 10.1. The molecular weight excluding hydrogens is 228 g/mol. The molecule has 1 radical (unpaired) electrons. The van der Waals surface area contributed by atoms with Crippen LogP contribution in [0.4, 0.5) is 0 Å². The molecule has 0 bridgehead atoms. The molecule has 0 spiro atoms. The molecule has 3 aromatic rings. The summed E-state index contributed by atoms with van der Waals surface area (Å²) in [5.74, 6) is 0. The van der Waals surface area contributed by atoms with Gasteiger partial charge in [0.05, 0.1) is 11.4 Å². The van der Waals surface area contributed by atoms with Gasteiger partial charge in [-0.2, -0.15) is 0 Å². The maximum atomic E-state index is 11.9. The van der Waals surface area contributed by atoms with Gasteiger partial charge < -0.3 is 4.98 Å². The van der Waals surface area contributed by atoms with E-state index in [0.29, 0.717) is 11.4 Å². The second-order valence-electron chi connectivity index (χ2n) is 4.19. The molecule has 5 nitrogen and oxygen atoms in total. The van der Waals surface area contributed by atoms with E-state index < -0.39 is 0 Å². The molecule has 5 heteroatoms. The first-order valence-electron chi connectivity index (χ1n) is 5.53. The predicted molar refractivity (Wildman–Crippen MR) is 66.6 cm³/mol. The van der Waals surface area contributed by atoms with E-state index in [1.54, 1.807) is 16.8 Å². The Morgan fingerprint density at radius 2 is 2.00 bits per heavy atom. The van der Waals surface area contributed by atoms with Crippen LogP contribution in [0.5, 0.6) is 0 Å². The maximum absolute atomic E-state index is 11.9. The average Bonchev–Trinajstić information content (AvgIpc) is 2.95. The normalized spacial score (nSPS) is 12.8. The molecule has 0 fully saturated rings. The molecule has 1 N–H and O–H groups in total. The van der Waals surface area contributed by atoms with Crippen LogP contribution in [0.1, 0.15) is 11.3 Å². The summed E-state index contributed by atoms with van der Waals surface area (Å²) in [5.41, 5.74) is 2.97. The summed E-state index contributed by atoms with van der Waals surface area (Å²) >= 11 is 0. The van der Waals surface area contributed by atoms with E-state index in [1.165, 1.54) is 0 Å². The largest absolute Gasteiger partial charge is 0.317 e. The zero-order valence-electron chi connectivity index (χ0n) is 9.21. The molecule has 1 aliphatic carbocycles. The van der Waals surface area contributed by atoms with Crippen LogP contribution in [-0.2, 0) is 0 Å². The van der Waals surface area contributed by atoms with E-state index in [1.807, 2.05) is 24.3 Å². The maximum Gasteiger partial charge on any atom is 0.292 e. The van der Waals surface area contributed by atoms with E-state index >= 15 is 0 Å². The van der Waals surface area contributed by atoms with Gasteiger partial charge >= 0.3 is 0 Å². The van der Waals surface area contributed by atoms with Crippen LogP contribution in [-0.4, -0.2) is 20.1 Å². The van der Waals surface area contributed by atoms with Gasteiger partial charge in [-0.15, -0.1) is 5.41 Å². The van der Waals surface area contributed by atoms with Gasteiger partial charge in [0, 0.05) is 23.5 Å². The molecule has 4 rings (SSSR count). The summed E-state index contributed by atoms with van der Waals surface area (Å²) in [6.45, 7) is 0. The molecule has 18 heavy (non-hydrogen) atoms. The molecule has 1 aromatic carbocycles. The Balaban J connectivity index is 2.26. The Hall–Kier alpha value is -2.69. The average molecular weight is 235 g/mol. The number of hydrogen-bond acceptors (Lipinski definition) is 2. The first-order valence-corrected chi connectivity index (χ1v) is 5.53. The van der Waals surface area contributed by atoms with Crippen molar-refractivity contribution in [3.05, 3.63) is 58.3 Å². The van der Waals surface area contributed by atoms with Crippen molar-refractivity contribution in [2.24, 2.45) is 0 Å². The molecule has 0 aliphatic heterocycles. The fourth-order valence-electron chi connectivity index (χ4n) is 2.46. The van der Waals surface area contributed by atoms with E-state index in [4.69, 9.17) is 0 Å². The summed E-state index contributed by atoms with van der Waals surface area (Å²) in [6.07, 6.45) is 3.21. The van der Waals surface area contributed by atoms with Crippen LogP contribution in [0.15, 0.2) is 41.5 Å². The van der Waals surface area contributed by atoms with E-state index in [0.717, 1.165) is 11.1 Å². The van der Waals surface area contributed by atoms with Crippen molar-refractivity contribution in [1.29, 1.82) is 0 Å².